The molecule has 0 saturated heterocycles. The van der Waals surface area contributed by atoms with Crippen molar-refractivity contribution in [1.29, 1.82) is 0 Å². The molecule has 0 aliphatic carbocycles. The SMILES string of the molecule is Cc1cc(Nc2cc(-c3cccc(OC(F)(F)F)c3)nc(NCC(=O)O)n2)ccc1F. The predicted octanol–water partition coefficient (Wildman–Crippen LogP) is 4.73. The van der Waals surface area contributed by atoms with Crippen molar-refractivity contribution in [3.8, 4) is 17.0 Å². The fourth-order valence-corrected chi connectivity index (χ4v) is 2.62. The molecule has 0 aliphatic heterocycles. The van der Waals surface area contributed by atoms with Crippen molar-refractivity contribution in [2.45, 2.75) is 13.3 Å². The molecule has 1 aromatic heterocycles. The maximum absolute atomic E-state index is 13.5. The minimum absolute atomic E-state index is 0.0663. The standard InChI is InChI=1S/C20H16F4N4O3/c1-11-7-13(5-6-15(11)21)26-17-9-16(27-19(28-17)25-10-18(29)30)12-3-2-4-14(8-12)31-20(22,23)24/h2-9H,10H2,1H3,(H,29,30)(H2,25,26,27,28). The molecule has 3 aromatic rings. The quantitative estimate of drug-likeness (QED) is 0.461. The van der Waals surface area contributed by atoms with Gasteiger partial charge in [0.05, 0.1) is 5.69 Å². The van der Waals surface area contributed by atoms with Crippen LogP contribution in [0.15, 0.2) is 48.5 Å². The second-order valence-corrected chi connectivity index (χ2v) is 6.37. The minimum atomic E-state index is -4.86. The molecule has 7 nitrogen and oxygen atoms in total. The number of aryl methyl sites for hydroxylation is 1. The smallest absolute Gasteiger partial charge is 0.480 e. The lowest BCUT2D eigenvalue weighted by molar-refractivity contribution is -0.274. The van der Waals surface area contributed by atoms with Crippen molar-refractivity contribution >= 4 is 23.4 Å². The zero-order chi connectivity index (χ0) is 22.6. The Kier molecular flexibility index (Phi) is 6.23. The summed E-state index contributed by atoms with van der Waals surface area (Å²) in [5.74, 6) is -1.83. The topological polar surface area (TPSA) is 96.4 Å². The van der Waals surface area contributed by atoms with E-state index in [2.05, 4.69) is 25.3 Å². The van der Waals surface area contributed by atoms with Crippen molar-refractivity contribution in [2.75, 3.05) is 17.2 Å². The molecule has 0 saturated carbocycles. The Hall–Kier alpha value is -3.89. The van der Waals surface area contributed by atoms with Gasteiger partial charge >= 0.3 is 12.3 Å². The number of ether oxygens (including phenoxy) is 1. The maximum atomic E-state index is 13.5. The molecule has 31 heavy (non-hydrogen) atoms. The van der Waals surface area contributed by atoms with Crippen molar-refractivity contribution < 1.29 is 32.2 Å². The molecule has 0 atom stereocenters. The number of benzene rings is 2. The van der Waals surface area contributed by atoms with Crippen molar-refractivity contribution in [3.63, 3.8) is 0 Å². The summed E-state index contributed by atoms with van der Waals surface area (Å²) in [6.45, 7) is 1.10. The Balaban J connectivity index is 1.98. The molecule has 0 amide bonds. The first kappa shape index (κ1) is 21.8. The highest BCUT2D eigenvalue weighted by Crippen LogP contribution is 2.29. The largest absolute Gasteiger partial charge is 0.573 e. The number of halogens is 4. The number of anilines is 3. The summed E-state index contributed by atoms with van der Waals surface area (Å²) in [4.78, 5) is 19.2. The van der Waals surface area contributed by atoms with E-state index in [0.717, 1.165) is 12.1 Å². The average Bonchev–Trinajstić information content (AvgIpc) is 2.68. The first-order chi connectivity index (χ1) is 14.6. The fourth-order valence-electron chi connectivity index (χ4n) is 2.62. The molecule has 0 fully saturated rings. The van der Waals surface area contributed by atoms with Gasteiger partial charge in [-0.25, -0.2) is 9.37 Å². The van der Waals surface area contributed by atoms with Gasteiger partial charge in [0.2, 0.25) is 5.95 Å². The highest BCUT2D eigenvalue weighted by atomic mass is 19.4. The molecule has 1 heterocycles. The molecule has 3 rings (SSSR count). The van der Waals surface area contributed by atoms with E-state index in [4.69, 9.17) is 5.11 Å². The first-order valence-corrected chi connectivity index (χ1v) is 8.83. The molecule has 0 spiro atoms. The molecule has 2 aromatic carbocycles. The van der Waals surface area contributed by atoms with Crippen LogP contribution >= 0.6 is 0 Å². The summed E-state index contributed by atoms with van der Waals surface area (Å²) >= 11 is 0. The molecule has 0 bridgehead atoms. The van der Waals surface area contributed by atoms with Crippen LogP contribution < -0.4 is 15.4 Å². The molecular formula is C20H16F4N4O3. The molecule has 11 heteroatoms. The van der Waals surface area contributed by atoms with Crippen molar-refractivity contribution in [2.24, 2.45) is 0 Å². The molecule has 0 unspecified atom stereocenters. The summed E-state index contributed by atoms with van der Waals surface area (Å²) in [5, 5.41) is 14.3. The van der Waals surface area contributed by atoms with Gasteiger partial charge in [0.1, 0.15) is 23.9 Å². The van der Waals surface area contributed by atoms with E-state index < -0.39 is 24.6 Å². The summed E-state index contributed by atoms with van der Waals surface area (Å²) in [6, 6.07) is 10.9. The lowest BCUT2D eigenvalue weighted by Gasteiger charge is -2.13. The van der Waals surface area contributed by atoms with Gasteiger partial charge in [-0.1, -0.05) is 12.1 Å². The van der Waals surface area contributed by atoms with E-state index >= 15 is 0 Å². The van der Waals surface area contributed by atoms with Gasteiger partial charge in [-0.2, -0.15) is 4.98 Å². The number of nitrogens with zero attached hydrogens (tertiary/aromatic N) is 2. The number of carboxylic acid groups (broad SMARTS) is 1. The highest BCUT2D eigenvalue weighted by Gasteiger charge is 2.31. The Bertz CT molecular complexity index is 1110. The lowest BCUT2D eigenvalue weighted by atomic mass is 10.1. The van der Waals surface area contributed by atoms with Gasteiger partial charge in [0.25, 0.3) is 0 Å². The van der Waals surface area contributed by atoms with E-state index in [1.54, 1.807) is 13.0 Å². The number of rotatable bonds is 7. The number of carbonyl (C=O) groups is 1. The third kappa shape index (κ3) is 6.29. The second-order valence-electron chi connectivity index (χ2n) is 6.37. The number of carboxylic acids is 1. The van der Waals surface area contributed by atoms with E-state index in [0.29, 0.717) is 11.3 Å². The Morgan fingerprint density at radius 3 is 2.58 bits per heavy atom. The molecular weight excluding hydrogens is 420 g/mol. The summed E-state index contributed by atoms with van der Waals surface area (Å²) in [5.41, 5.74) is 1.38. The highest BCUT2D eigenvalue weighted by molar-refractivity contribution is 5.73. The Morgan fingerprint density at radius 2 is 1.90 bits per heavy atom. The zero-order valence-corrected chi connectivity index (χ0v) is 16.0. The van der Waals surface area contributed by atoms with Crippen LogP contribution in [0.1, 0.15) is 5.56 Å². The number of aromatic nitrogens is 2. The van der Waals surface area contributed by atoms with Crippen LogP contribution in [-0.2, 0) is 4.79 Å². The number of hydrogen-bond acceptors (Lipinski definition) is 6. The van der Waals surface area contributed by atoms with Gasteiger partial charge in [-0.15, -0.1) is 13.2 Å². The van der Waals surface area contributed by atoms with Gasteiger partial charge in [0, 0.05) is 17.3 Å². The average molecular weight is 436 g/mol. The molecule has 0 radical (unpaired) electrons. The van der Waals surface area contributed by atoms with Crippen LogP contribution in [0.25, 0.3) is 11.3 Å². The number of hydrogen-bond donors (Lipinski definition) is 3. The van der Waals surface area contributed by atoms with E-state index in [-0.39, 0.29) is 28.8 Å². The third-order valence-electron chi connectivity index (χ3n) is 3.92. The van der Waals surface area contributed by atoms with Crippen LogP contribution in [0.3, 0.4) is 0 Å². The van der Waals surface area contributed by atoms with Crippen LogP contribution in [0.2, 0.25) is 0 Å². The zero-order valence-electron chi connectivity index (χ0n) is 16.0. The molecule has 3 N–H and O–H groups in total. The number of nitrogens with one attached hydrogen (secondary N) is 2. The predicted molar refractivity (Wildman–Crippen MR) is 105 cm³/mol. The first-order valence-electron chi connectivity index (χ1n) is 8.83. The lowest BCUT2D eigenvalue weighted by Crippen LogP contribution is -2.17. The number of alkyl halides is 3. The van der Waals surface area contributed by atoms with Gasteiger partial charge in [-0.3, -0.25) is 4.79 Å². The van der Waals surface area contributed by atoms with Crippen LogP contribution in [-0.4, -0.2) is 34.0 Å². The molecule has 0 aliphatic rings. The minimum Gasteiger partial charge on any atom is -0.480 e. The summed E-state index contributed by atoms with van der Waals surface area (Å²) in [6.07, 6.45) is -4.86. The van der Waals surface area contributed by atoms with E-state index in [1.165, 1.54) is 30.3 Å². The van der Waals surface area contributed by atoms with E-state index in [9.17, 15) is 22.4 Å². The monoisotopic (exact) mass is 436 g/mol. The third-order valence-corrected chi connectivity index (χ3v) is 3.92. The fraction of sp³-hybridized carbons (Fsp3) is 0.150. The van der Waals surface area contributed by atoms with Crippen molar-refractivity contribution in [3.05, 3.63) is 59.9 Å². The summed E-state index contributed by atoms with van der Waals surface area (Å²) < 4.78 is 55.0. The second kappa shape index (κ2) is 8.86. The van der Waals surface area contributed by atoms with Crippen LogP contribution in [0, 0.1) is 12.7 Å². The van der Waals surface area contributed by atoms with Gasteiger partial charge in [0.15, 0.2) is 0 Å². The van der Waals surface area contributed by atoms with Crippen LogP contribution in [0.5, 0.6) is 5.75 Å². The summed E-state index contributed by atoms with van der Waals surface area (Å²) in [7, 11) is 0. The maximum Gasteiger partial charge on any atom is 0.573 e. The Labute approximate surface area is 173 Å². The van der Waals surface area contributed by atoms with Gasteiger partial charge in [-0.05, 0) is 42.8 Å². The molecule has 162 valence electrons. The van der Waals surface area contributed by atoms with E-state index in [1.807, 2.05) is 0 Å². The van der Waals surface area contributed by atoms with Crippen molar-refractivity contribution in [1.82, 2.24) is 9.97 Å². The van der Waals surface area contributed by atoms with Crippen LogP contribution in [0.4, 0.5) is 35.0 Å². The normalized spacial score (nSPS) is 11.1. The van der Waals surface area contributed by atoms with Gasteiger partial charge < -0.3 is 20.5 Å². The number of aliphatic carboxylic acids is 1. The Morgan fingerprint density at radius 1 is 1.13 bits per heavy atom.